The largest absolute Gasteiger partial charge is 0.263 e. The highest BCUT2D eigenvalue weighted by Crippen LogP contribution is 2.30. The summed E-state index contributed by atoms with van der Waals surface area (Å²) >= 11 is 1.90. The molecular formula is C18H22NS+. The molecule has 1 atom stereocenters. The number of fused-ring (bicyclic) bond motifs is 1. The highest BCUT2D eigenvalue weighted by atomic mass is 32.1. The molecule has 1 heterocycles. The minimum atomic E-state index is 0.774. The van der Waals surface area contributed by atoms with Crippen molar-refractivity contribution in [3.8, 4) is 0 Å². The second-order valence-corrected chi connectivity index (χ2v) is 6.94. The van der Waals surface area contributed by atoms with Crippen molar-refractivity contribution >= 4 is 27.6 Å². The standard InChI is InChI=1S/C18H22NS/c1-4-19-16-7-5-6-8-17(16)20-18(19)12-15-10-13(2)9-14(3)11-15/h5-8,10,12,14H,4,9,11H2,1-3H3/q+1/b15-12-/t14-/m0/s1. The van der Waals surface area contributed by atoms with Crippen LogP contribution in [0.4, 0.5) is 0 Å². The summed E-state index contributed by atoms with van der Waals surface area (Å²) in [6, 6.07) is 8.70. The summed E-state index contributed by atoms with van der Waals surface area (Å²) in [5.74, 6) is 0.774. The highest BCUT2D eigenvalue weighted by molar-refractivity contribution is 7.18. The van der Waals surface area contributed by atoms with E-state index in [-0.39, 0.29) is 0 Å². The van der Waals surface area contributed by atoms with Gasteiger partial charge in [0.05, 0.1) is 0 Å². The monoisotopic (exact) mass is 284 g/mol. The number of hydrogen-bond donors (Lipinski definition) is 0. The summed E-state index contributed by atoms with van der Waals surface area (Å²) in [6.07, 6.45) is 7.23. The molecule has 0 aliphatic heterocycles. The molecule has 1 aliphatic carbocycles. The van der Waals surface area contributed by atoms with E-state index in [0.717, 1.165) is 12.5 Å². The van der Waals surface area contributed by atoms with E-state index < -0.39 is 0 Å². The van der Waals surface area contributed by atoms with Gasteiger partial charge in [-0.2, -0.15) is 4.57 Å². The molecule has 2 aromatic rings. The first-order valence-electron chi connectivity index (χ1n) is 7.46. The molecule has 1 aromatic carbocycles. The van der Waals surface area contributed by atoms with Gasteiger partial charge in [0, 0.05) is 12.1 Å². The van der Waals surface area contributed by atoms with E-state index in [1.165, 1.54) is 39.2 Å². The lowest BCUT2D eigenvalue weighted by Crippen LogP contribution is -2.33. The number of nitrogens with zero attached hydrogens (tertiary/aromatic N) is 1. The number of hydrogen-bond acceptors (Lipinski definition) is 1. The molecule has 0 saturated heterocycles. The smallest absolute Gasteiger partial charge is 0.182 e. The number of thiazole rings is 1. The van der Waals surface area contributed by atoms with Crippen molar-refractivity contribution in [3.05, 3.63) is 46.5 Å². The van der Waals surface area contributed by atoms with E-state index in [1.54, 1.807) is 0 Å². The molecular weight excluding hydrogens is 262 g/mol. The molecule has 0 radical (unpaired) electrons. The van der Waals surface area contributed by atoms with Crippen LogP contribution >= 0.6 is 11.3 Å². The first kappa shape index (κ1) is 13.6. The number of rotatable bonds is 2. The third-order valence-electron chi connectivity index (χ3n) is 3.95. The molecule has 0 fully saturated rings. The molecule has 0 amide bonds. The van der Waals surface area contributed by atoms with Gasteiger partial charge < -0.3 is 0 Å². The quantitative estimate of drug-likeness (QED) is 0.686. The number of allylic oxidation sites excluding steroid dienone is 3. The van der Waals surface area contributed by atoms with E-state index >= 15 is 0 Å². The SMILES string of the molecule is CC[n+]1c(/C=C2/C=C(C)C[C@H](C)C2)sc2ccccc21. The molecule has 3 rings (SSSR count). The zero-order valence-corrected chi connectivity index (χ0v) is 13.3. The molecule has 0 unspecified atom stereocenters. The van der Waals surface area contributed by atoms with Crippen molar-refractivity contribution in [1.82, 2.24) is 0 Å². The maximum absolute atomic E-state index is 2.43. The van der Waals surface area contributed by atoms with Gasteiger partial charge in [-0.25, -0.2) is 0 Å². The van der Waals surface area contributed by atoms with Gasteiger partial charge in [-0.3, -0.25) is 0 Å². The van der Waals surface area contributed by atoms with Crippen LogP contribution in [0.15, 0.2) is 41.5 Å². The fourth-order valence-corrected chi connectivity index (χ4v) is 4.41. The first-order valence-corrected chi connectivity index (χ1v) is 8.28. The van der Waals surface area contributed by atoms with E-state index in [9.17, 15) is 0 Å². The summed E-state index contributed by atoms with van der Waals surface area (Å²) in [7, 11) is 0. The van der Waals surface area contributed by atoms with Gasteiger partial charge in [-0.05, 0) is 44.2 Å². The van der Waals surface area contributed by atoms with Gasteiger partial charge in [-0.15, -0.1) is 0 Å². The second kappa shape index (κ2) is 5.53. The average Bonchev–Trinajstić information content (AvgIpc) is 2.74. The number of para-hydroxylation sites is 1. The van der Waals surface area contributed by atoms with Crippen LogP contribution in [0.1, 0.15) is 38.6 Å². The zero-order valence-electron chi connectivity index (χ0n) is 12.5. The van der Waals surface area contributed by atoms with Crippen LogP contribution < -0.4 is 4.57 Å². The van der Waals surface area contributed by atoms with Crippen molar-refractivity contribution in [2.45, 2.75) is 40.2 Å². The Bertz CT molecular complexity index is 691. The summed E-state index contributed by atoms with van der Waals surface area (Å²) in [6.45, 7) is 7.86. The Kier molecular flexibility index (Phi) is 3.75. The minimum absolute atomic E-state index is 0.774. The van der Waals surface area contributed by atoms with Crippen LogP contribution in [0.25, 0.3) is 16.3 Å². The van der Waals surface area contributed by atoms with Gasteiger partial charge in [0.25, 0.3) is 5.01 Å². The molecule has 104 valence electrons. The van der Waals surface area contributed by atoms with Crippen LogP contribution in [0.2, 0.25) is 0 Å². The van der Waals surface area contributed by atoms with Crippen molar-refractivity contribution in [2.75, 3.05) is 0 Å². The molecule has 1 aliphatic rings. The van der Waals surface area contributed by atoms with Crippen LogP contribution in [0, 0.1) is 5.92 Å². The van der Waals surface area contributed by atoms with E-state index in [1.807, 2.05) is 11.3 Å². The Morgan fingerprint density at radius 1 is 1.30 bits per heavy atom. The van der Waals surface area contributed by atoms with Crippen LogP contribution in [-0.2, 0) is 6.54 Å². The van der Waals surface area contributed by atoms with E-state index in [4.69, 9.17) is 0 Å². The normalized spacial score (nSPS) is 21.4. The van der Waals surface area contributed by atoms with Crippen LogP contribution in [-0.4, -0.2) is 0 Å². The Morgan fingerprint density at radius 2 is 2.10 bits per heavy atom. The van der Waals surface area contributed by atoms with Crippen LogP contribution in [0.3, 0.4) is 0 Å². The summed E-state index contributed by atoms with van der Waals surface area (Å²) < 4.78 is 3.81. The van der Waals surface area contributed by atoms with Crippen molar-refractivity contribution in [1.29, 1.82) is 0 Å². The fourth-order valence-electron chi connectivity index (χ4n) is 3.20. The molecule has 0 spiro atoms. The van der Waals surface area contributed by atoms with Crippen molar-refractivity contribution < 1.29 is 4.57 Å². The van der Waals surface area contributed by atoms with Gasteiger partial charge >= 0.3 is 0 Å². The van der Waals surface area contributed by atoms with Crippen LogP contribution in [0.5, 0.6) is 0 Å². The third kappa shape index (κ3) is 2.57. The van der Waals surface area contributed by atoms with Crippen molar-refractivity contribution in [2.24, 2.45) is 5.92 Å². The van der Waals surface area contributed by atoms with E-state index in [2.05, 4.69) is 61.8 Å². The summed E-state index contributed by atoms with van der Waals surface area (Å²) in [5, 5.41) is 1.38. The van der Waals surface area contributed by atoms with Gasteiger partial charge in [0.2, 0.25) is 5.52 Å². The molecule has 0 bridgehead atoms. The topological polar surface area (TPSA) is 3.88 Å². The maximum atomic E-state index is 2.43. The summed E-state index contributed by atoms with van der Waals surface area (Å²) in [4.78, 5) is 0. The zero-order chi connectivity index (χ0) is 14.1. The van der Waals surface area contributed by atoms with Gasteiger partial charge in [0.15, 0.2) is 0 Å². The number of aromatic nitrogens is 1. The van der Waals surface area contributed by atoms with E-state index in [0.29, 0.717) is 0 Å². The molecule has 1 nitrogen and oxygen atoms in total. The molecule has 0 N–H and O–H groups in total. The highest BCUT2D eigenvalue weighted by Gasteiger charge is 2.19. The Balaban J connectivity index is 2.08. The molecule has 20 heavy (non-hydrogen) atoms. The lowest BCUT2D eigenvalue weighted by molar-refractivity contribution is -0.665. The Morgan fingerprint density at radius 3 is 2.85 bits per heavy atom. The molecule has 2 heteroatoms. The maximum Gasteiger partial charge on any atom is 0.263 e. The fraction of sp³-hybridized carbons (Fsp3) is 0.389. The molecule has 1 aromatic heterocycles. The predicted octanol–water partition coefficient (Wildman–Crippen LogP) is 4.97. The summed E-state index contributed by atoms with van der Waals surface area (Å²) in [5.41, 5.74) is 4.35. The van der Waals surface area contributed by atoms with Gasteiger partial charge in [-0.1, -0.05) is 42.0 Å². The number of benzene rings is 1. The molecule has 0 saturated carbocycles. The third-order valence-corrected chi connectivity index (χ3v) is 5.06. The Hall–Kier alpha value is -1.41. The minimum Gasteiger partial charge on any atom is -0.182 e. The van der Waals surface area contributed by atoms with Gasteiger partial charge in [0.1, 0.15) is 11.2 Å². The van der Waals surface area contributed by atoms with Crippen molar-refractivity contribution in [3.63, 3.8) is 0 Å². The Labute approximate surface area is 125 Å². The average molecular weight is 284 g/mol. The lowest BCUT2D eigenvalue weighted by Gasteiger charge is -2.18. The predicted molar refractivity (Wildman–Crippen MR) is 87.8 cm³/mol. The second-order valence-electron chi connectivity index (χ2n) is 5.88. The number of aryl methyl sites for hydroxylation is 1. The first-order chi connectivity index (χ1) is 9.67. The lowest BCUT2D eigenvalue weighted by atomic mass is 9.88.